The van der Waals surface area contributed by atoms with Gasteiger partial charge in [-0.1, -0.05) is 62.3 Å². The van der Waals surface area contributed by atoms with E-state index in [0.717, 1.165) is 12.5 Å². The molecule has 0 aliphatic carbocycles. The Labute approximate surface area is 184 Å². The minimum atomic E-state index is 0.270. The second-order valence-corrected chi connectivity index (χ2v) is 12.9. The Hall–Kier alpha value is -0.160. The number of hydrogen-bond acceptors (Lipinski definition) is 4. The van der Waals surface area contributed by atoms with E-state index < -0.39 is 0 Å². The van der Waals surface area contributed by atoms with Crippen LogP contribution < -0.4 is 5.32 Å². The molecule has 0 aromatic carbocycles. The summed E-state index contributed by atoms with van der Waals surface area (Å²) in [5.74, 6) is 0.833. The Morgan fingerprint density at radius 2 is 1.21 bits per heavy atom. The number of nitrogens with zero attached hydrogens (tertiary/aromatic N) is 3. The van der Waals surface area contributed by atoms with Gasteiger partial charge in [0.1, 0.15) is 0 Å². The Bertz CT molecular complexity index is 436. The highest BCUT2D eigenvalue weighted by molar-refractivity contribution is 4.91. The molecule has 0 saturated carbocycles. The zero-order valence-electron chi connectivity index (χ0n) is 22.6. The molecule has 0 radical (unpaired) electrons. The van der Waals surface area contributed by atoms with Gasteiger partial charge in [-0.15, -0.1) is 0 Å². The fraction of sp³-hybridized carbons (Fsp3) is 1.00. The molecule has 0 aromatic rings. The summed E-state index contributed by atoms with van der Waals surface area (Å²) in [6, 6.07) is 0. The fourth-order valence-electron chi connectivity index (χ4n) is 4.43. The van der Waals surface area contributed by atoms with Crippen molar-refractivity contribution < 1.29 is 0 Å². The molecule has 2 aliphatic heterocycles. The average Bonchev–Trinajstić information content (AvgIpc) is 2.91. The quantitative estimate of drug-likeness (QED) is 0.579. The molecular weight excluding hydrogens is 356 g/mol. The molecule has 0 bridgehead atoms. The lowest BCUT2D eigenvalue weighted by Crippen LogP contribution is -2.63. The highest BCUT2D eigenvalue weighted by atomic mass is 15.4. The van der Waals surface area contributed by atoms with Crippen LogP contribution in [0.15, 0.2) is 0 Å². The van der Waals surface area contributed by atoms with Gasteiger partial charge in [0.05, 0.1) is 12.3 Å². The van der Waals surface area contributed by atoms with E-state index in [0.29, 0.717) is 23.2 Å². The Morgan fingerprint density at radius 1 is 0.724 bits per heavy atom. The van der Waals surface area contributed by atoms with Gasteiger partial charge in [0.15, 0.2) is 0 Å². The minimum Gasteiger partial charge on any atom is -0.300 e. The fourth-order valence-corrected chi connectivity index (χ4v) is 4.43. The molecule has 176 valence electrons. The SMILES string of the molecule is CC(C)C.CN1CCCN(C(C)(C)C)C1C(C)(C)C.CN1CCNC1C(C)(C)C. The summed E-state index contributed by atoms with van der Waals surface area (Å²) in [4.78, 5) is 7.53. The van der Waals surface area contributed by atoms with E-state index in [1.807, 2.05) is 0 Å². The monoisotopic (exact) mass is 412 g/mol. The predicted molar refractivity (Wildman–Crippen MR) is 131 cm³/mol. The van der Waals surface area contributed by atoms with Crippen molar-refractivity contribution in [1.82, 2.24) is 20.0 Å². The highest BCUT2D eigenvalue weighted by Crippen LogP contribution is 2.33. The number of nitrogens with one attached hydrogen (secondary N) is 1. The van der Waals surface area contributed by atoms with E-state index >= 15 is 0 Å². The first-order chi connectivity index (χ1) is 12.9. The lowest BCUT2D eigenvalue weighted by molar-refractivity contribution is -0.0892. The van der Waals surface area contributed by atoms with Gasteiger partial charge in [-0.05, 0) is 58.0 Å². The first-order valence-electron chi connectivity index (χ1n) is 11.8. The summed E-state index contributed by atoms with van der Waals surface area (Å²) >= 11 is 0. The lowest BCUT2D eigenvalue weighted by atomic mass is 9.86. The first kappa shape index (κ1) is 28.8. The summed E-state index contributed by atoms with van der Waals surface area (Å²) in [5, 5.41) is 3.47. The standard InChI is InChI=1S/C13H28N2.C8H18N2.C4H10/c1-12(2,3)11-14(7)9-8-10-15(11)13(4,5)6;1-8(2,3)7-9-5-6-10(7)4;1-4(2)3/h11H,8-10H2,1-7H3;7,9H,5-6H2,1-4H3;4H,1-3H3. The van der Waals surface area contributed by atoms with Crippen LogP contribution in [0, 0.1) is 16.7 Å². The Morgan fingerprint density at radius 3 is 1.45 bits per heavy atom. The molecule has 2 saturated heterocycles. The van der Waals surface area contributed by atoms with Crippen LogP contribution in [0.5, 0.6) is 0 Å². The highest BCUT2D eigenvalue weighted by Gasteiger charge is 2.40. The molecule has 4 heteroatoms. The van der Waals surface area contributed by atoms with Crippen LogP contribution in [0.1, 0.15) is 89.5 Å². The van der Waals surface area contributed by atoms with Crippen LogP contribution in [-0.4, -0.2) is 72.8 Å². The van der Waals surface area contributed by atoms with Gasteiger partial charge in [-0.2, -0.15) is 0 Å². The van der Waals surface area contributed by atoms with Gasteiger partial charge < -0.3 is 5.32 Å². The van der Waals surface area contributed by atoms with Crippen molar-refractivity contribution >= 4 is 0 Å². The number of likely N-dealkylation sites (N-methyl/N-ethyl adjacent to an activating group) is 1. The zero-order valence-corrected chi connectivity index (χ0v) is 22.6. The molecule has 2 fully saturated rings. The Balaban J connectivity index is 0.000000481. The maximum atomic E-state index is 3.47. The van der Waals surface area contributed by atoms with Crippen molar-refractivity contribution in [3.8, 4) is 0 Å². The van der Waals surface area contributed by atoms with E-state index in [4.69, 9.17) is 0 Å². The third-order valence-electron chi connectivity index (χ3n) is 5.32. The molecule has 2 aliphatic rings. The van der Waals surface area contributed by atoms with Gasteiger partial charge >= 0.3 is 0 Å². The minimum absolute atomic E-state index is 0.270. The van der Waals surface area contributed by atoms with Crippen LogP contribution in [0.25, 0.3) is 0 Å². The van der Waals surface area contributed by atoms with Crippen molar-refractivity contribution in [3.05, 3.63) is 0 Å². The number of rotatable bonds is 0. The van der Waals surface area contributed by atoms with E-state index in [1.165, 1.54) is 26.1 Å². The van der Waals surface area contributed by atoms with E-state index in [2.05, 4.69) is 117 Å². The molecule has 1 N–H and O–H groups in total. The van der Waals surface area contributed by atoms with E-state index in [9.17, 15) is 0 Å². The molecule has 4 nitrogen and oxygen atoms in total. The van der Waals surface area contributed by atoms with Crippen molar-refractivity contribution in [2.45, 2.75) is 107 Å². The molecular formula is C25H56N4. The third kappa shape index (κ3) is 10.6. The summed E-state index contributed by atoms with van der Waals surface area (Å²) < 4.78 is 0. The lowest BCUT2D eigenvalue weighted by Gasteiger charge is -2.54. The van der Waals surface area contributed by atoms with Crippen molar-refractivity contribution in [2.24, 2.45) is 16.7 Å². The van der Waals surface area contributed by atoms with Crippen molar-refractivity contribution in [1.29, 1.82) is 0 Å². The van der Waals surface area contributed by atoms with Crippen LogP contribution >= 0.6 is 0 Å². The summed E-state index contributed by atoms with van der Waals surface area (Å²) in [6.45, 7) is 32.1. The second-order valence-electron chi connectivity index (χ2n) is 12.9. The van der Waals surface area contributed by atoms with Gasteiger partial charge in [-0.25, -0.2) is 0 Å². The topological polar surface area (TPSA) is 21.8 Å². The zero-order chi connectivity index (χ0) is 23.2. The molecule has 2 atom stereocenters. The van der Waals surface area contributed by atoms with Gasteiger partial charge in [-0.3, -0.25) is 14.7 Å². The van der Waals surface area contributed by atoms with E-state index in [1.54, 1.807) is 0 Å². The van der Waals surface area contributed by atoms with Gasteiger partial charge in [0, 0.05) is 31.7 Å². The van der Waals surface area contributed by atoms with Gasteiger partial charge in [0.25, 0.3) is 0 Å². The maximum absolute atomic E-state index is 3.47. The largest absolute Gasteiger partial charge is 0.300 e. The molecule has 2 unspecified atom stereocenters. The van der Waals surface area contributed by atoms with Crippen LogP contribution in [0.4, 0.5) is 0 Å². The molecule has 0 aromatic heterocycles. The Kier molecular flexibility index (Phi) is 11.4. The third-order valence-corrected chi connectivity index (χ3v) is 5.32. The molecule has 29 heavy (non-hydrogen) atoms. The first-order valence-corrected chi connectivity index (χ1v) is 11.8. The van der Waals surface area contributed by atoms with Crippen LogP contribution in [-0.2, 0) is 0 Å². The normalized spacial score (nSPS) is 25.3. The van der Waals surface area contributed by atoms with Crippen molar-refractivity contribution in [2.75, 3.05) is 40.3 Å². The average molecular weight is 413 g/mol. The predicted octanol–water partition coefficient (Wildman–Crippen LogP) is 5.35. The number of hydrogen-bond donors (Lipinski definition) is 1. The molecule has 0 amide bonds. The van der Waals surface area contributed by atoms with E-state index in [-0.39, 0.29) is 5.54 Å². The van der Waals surface area contributed by atoms with Crippen LogP contribution in [0.3, 0.4) is 0 Å². The molecule has 2 heterocycles. The molecule has 0 spiro atoms. The second kappa shape index (κ2) is 11.5. The maximum Gasteiger partial charge on any atom is 0.0674 e. The summed E-state index contributed by atoms with van der Waals surface area (Å²) in [6.07, 6.45) is 2.42. The van der Waals surface area contributed by atoms with Gasteiger partial charge in [0.2, 0.25) is 0 Å². The summed E-state index contributed by atoms with van der Waals surface area (Å²) in [5.41, 5.74) is 0.959. The van der Waals surface area contributed by atoms with Crippen LogP contribution in [0.2, 0.25) is 0 Å². The van der Waals surface area contributed by atoms with Crippen molar-refractivity contribution in [3.63, 3.8) is 0 Å². The molecule has 2 rings (SSSR count). The summed E-state index contributed by atoms with van der Waals surface area (Å²) in [7, 11) is 4.43. The smallest absolute Gasteiger partial charge is 0.0674 e.